The Morgan fingerprint density at radius 2 is 2.00 bits per heavy atom. The maximum atomic E-state index is 13.9. The van der Waals surface area contributed by atoms with Crippen molar-refractivity contribution in [2.24, 2.45) is 0 Å². The molecule has 0 bridgehead atoms. The molecule has 0 spiro atoms. The molecule has 0 aliphatic heterocycles. The fraction of sp³-hybridized carbons (Fsp3) is 0.0526. The third-order valence-corrected chi connectivity index (χ3v) is 4.32. The van der Waals surface area contributed by atoms with Crippen molar-refractivity contribution in [2.45, 2.75) is 0 Å². The van der Waals surface area contributed by atoms with Gasteiger partial charge in [-0.2, -0.15) is 4.68 Å². The first-order valence-corrected chi connectivity index (χ1v) is 9.02. The van der Waals surface area contributed by atoms with Crippen molar-refractivity contribution < 1.29 is 14.3 Å². The lowest BCUT2D eigenvalue weighted by Gasteiger charge is -2.11. The minimum absolute atomic E-state index is 0.0749. The molecular weight excluding hydrogens is 413 g/mol. The van der Waals surface area contributed by atoms with Crippen LogP contribution >= 0.6 is 11.6 Å². The van der Waals surface area contributed by atoms with E-state index in [1.165, 1.54) is 23.0 Å². The minimum atomic E-state index is -1.07. The highest BCUT2D eigenvalue weighted by Crippen LogP contribution is 2.31. The zero-order chi connectivity index (χ0) is 21.1. The first kappa shape index (κ1) is 19.4. The summed E-state index contributed by atoms with van der Waals surface area (Å²) in [5, 5.41) is 23.9. The lowest BCUT2D eigenvalue weighted by atomic mass is 10.1. The number of anilines is 1. The Kier molecular flexibility index (Phi) is 5.31. The van der Waals surface area contributed by atoms with Crippen LogP contribution in [0.1, 0.15) is 0 Å². The van der Waals surface area contributed by atoms with Crippen molar-refractivity contribution in [1.82, 2.24) is 30.2 Å². The molecule has 0 fully saturated rings. The van der Waals surface area contributed by atoms with Crippen LogP contribution in [-0.2, 0) is 4.79 Å². The van der Waals surface area contributed by atoms with Gasteiger partial charge in [-0.1, -0.05) is 23.7 Å². The molecule has 0 atom stereocenters. The lowest BCUT2D eigenvalue weighted by Crippen LogP contribution is -2.14. The number of tetrazole rings is 1. The number of rotatable bonds is 6. The SMILES string of the molecule is O=C(O)CNc1ncc(-c2nnnn2-c2ccc(Cl)cc2)c(-c2cccc(F)c2)n1. The number of nitrogens with zero attached hydrogens (tertiary/aromatic N) is 6. The number of carboxylic acid groups (broad SMARTS) is 1. The Bertz CT molecular complexity index is 1210. The molecule has 0 aliphatic carbocycles. The van der Waals surface area contributed by atoms with E-state index in [-0.39, 0.29) is 12.5 Å². The van der Waals surface area contributed by atoms with Crippen molar-refractivity contribution in [3.8, 4) is 28.3 Å². The molecule has 0 aliphatic rings. The van der Waals surface area contributed by atoms with Gasteiger partial charge >= 0.3 is 5.97 Å². The molecule has 2 N–H and O–H groups in total. The molecule has 0 saturated heterocycles. The molecule has 0 radical (unpaired) electrons. The van der Waals surface area contributed by atoms with E-state index in [0.29, 0.717) is 33.4 Å². The zero-order valence-electron chi connectivity index (χ0n) is 15.2. The monoisotopic (exact) mass is 425 g/mol. The molecule has 2 heterocycles. The summed E-state index contributed by atoms with van der Waals surface area (Å²) in [5.41, 5.74) is 1.87. The van der Waals surface area contributed by atoms with Crippen molar-refractivity contribution in [1.29, 1.82) is 0 Å². The van der Waals surface area contributed by atoms with E-state index >= 15 is 0 Å². The van der Waals surface area contributed by atoms with Crippen LogP contribution < -0.4 is 5.32 Å². The number of hydrogen-bond donors (Lipinski definition) is 2. The number of carboxylic acids is 1. The Morgan fingerprint density at radius 3 is 2.73 bits per heavy atom. The Balaban J connectivity index is 1.85. The van der Waals surface area contributed by atoms with Crippen LogP contribution in [-0.4, -0.2) is 47.8 Å². The number of halogens is 2. The van der Waals surface area contributed by atoms with Crippen LogP contribution in [0, 0.1) is 5.82 Å². The van der Waals surface area contributed by atoms with E-state index in [9.17, 15) is 9.18 Å². The van der Waals surface area contributed by atoms with Crippen LogP contribution in [0.2, 0.25) is 5.02 Å². The zero-order valence-corrected chi connectivity index (χ0v) is 16.0. The van der Waals surface area contributed by atoms with Crippen LogP contribution in [0.15, 0.2) is 54.7 Å². The fourth-order valence-electron chi connectivity index (χ4n) is 2.75. The molecule has 4 rings (SSSR count). The molecule has 0 amide bonds. The van der Waals surface area contributed by atoms with E-state index in [2.05, 4.69) is 30.8 Å². The Morgan fingerprint density at radius 1 is 1.20 bits per heavy atom. The van der Waals surface area contributed by atoms with E-state index in [0.717, 1.165) is 0 Å². The summed E-state index contributed by atoms with van der Waals surface area (Å²) in [7, 11) is 0. The number of carbonyl (C=O) groups is 1. The van der Waals surface area contributed by atoms with Gasteiger partial charge in [-0.15, -0.1) is 5.10 Å². The maximum Gasteiger partial charge on any atom is 0.322 e. The Labute approximate surface area is 174 Å². The largest absolute Gasteiger partial charge is 0.480 e. The van der Waals surface area contributed by atoms with Crippen LogP contribution in [0.5, 0.6) is 0 Å². The minimum Gasteiger partial charge on any atom is -0.480 e. The van der Waals surface area contributed by atoms with Gasteiger partial charge in [0.25, 0.3) is 0 Å². The smallest absolute Gasteiger partial charge is 0.322 e. The summed E-state index contributed by atoms with van der Waals surface area (Å²) in [5.74, 6) is -1.12. The third kappa shape index (κ3) is 4.08. The summed E-state index contributed by atoms with van der Waals surface area (Å²) in [6.07, 6.45) is 1.45. The van der Waals surface area contributed by atoms with Crippen molar-refractivity contribution in [3.05, 3.63) is 65.6 Å². The van der Waals surface area contributed by atoms with Crippen molar-refractivity contribution >= 4 is 23.5 Å². The number of hydrogen-bond acceptors (Lipinski definition) is 7. The molecule has 2 aromatic carbocycles. The molecular formula is C19H13ClFN7O2. The van der Waals surface area contributed by atoms with Gasteiger partial charge in [-0.05, 0) is 46.8 Å². The molecule has 4 aromatic rings. The highest BCUT2D eigenvalue weighted by molar-refractivity contribution is 6.30. The van der Waals surface area contributed by atoms with Gasteiger partial charge in [0.15, 0.2) is 5.82 Å². The predicted octanol–water partition coefficient (Wildman–Crippen LogP) is 3.08. The highest BCUT2D eigenvalue weighted by atomic mass is 35.5. The Hall–Kier alpha value is -3.92. The molecule has 0 unspecified atom stereocenters. The molecule has 150 valence electrons. The van der Waals surface area contributed by atoms with E-state index in [4.69, 9.17) is 16.7 Å². The summed E-state index contributed by atoms with van der Waals surface area (Å²) in [6, 6.07) is 12.7. The van der Waals surface area contributed by atoms with E-state index < -0.39 is 11.8 Å². The van der Waals surface area contributed by atoms with Gasteiger partial charge in [-0.3, -0.25) is 4.79 Å². The van der Waals surface area contributed by atoms with Gasteiger partial charge in [0.2, 0.25) is 5.95 Å². The molecule has 9 nitrogen and oxygen atoms in total. The lowest BCUT2D eigenvalue weighted by molar-refractivity contribution is -0.134. The molecule has 2 aromatic heterocycles. The number of aromatic nitrogens is 6. The summed E-state index contributed by atoms with van der Waals surface area (Å²) in [6.45, 7) is -0.371. The van der Waals surface area contributed by atoms with E-state index in [1.807, 2.05) is 0 Å². The molecule has 0 saturated carbocycles. The quantitative estimate of drug-likeness (QED) is 0.483. The predicted molar refractivity (Wildman–Crippen MR) is 107 cm³/mol. The van der Waals surface area contributed by atoms with Crippen LogP contribution in [0.25, 0.3) is 28.3 Å². The van der Waals surface area contributed by atoms with Gasteiger partial charge in [0.1, 0.15) is 12.4 Å². The summed E-state index contributed by atoms with van der Waals surface area (Å²) >= 11 is 5.95. The second kappa shape index (κ2) is 8.21. The summed E-state index contributed by atoms with van der Waals surface area (Å²) < 4.78 is 15.3. The van der Waals surface area contributed by atoms with Crippen molar-refractivity contribution in [3.63, 3.8) is 0 Å². The van der Waals surface area contributed by atoms with Crippen LogP contribution in [0.4, 0.5) is 10.3 Å². The number of benzene rings is 2. The van der Waals surface area contributed by atoms with Gasteiger partial charge in [-0.25, -0.2) is 14.4 Å². The number of aliphatic carboxylic acids is 1. The maximum absolute atomic E-state index is 13.9. The van der Waals surface area contributed by atoms with Gasteiger partial charge in [0, 0.05) is 16.8 Å². The van der Waals surface area contributed by atoms with Crippen LogP contribution in [0.3, 0.4) is 0 Å². The second-order valence-corrected chi connectivity index (χ2v) is 6.54. The average Bonchev–Trinajstić information content (AvgIpc) is 3.22. The standard InChI is InChI=1S/C19H13ClFN7O2/c20-12-4-6-14(7-5-12)28-18(25-26-27-28)15-9-22-19(23-10-16(29)30)24-17(15)11-2-1-3-13(21)8-11/h1-9H,10H2,(H,29,30)(H,22,23,24). The third-order valence-electron chi connectivity index (χ3n) is 4.07. The first-order chi connectivity index (χ1) is 14.5. The van der Waals surface area contributed by atoms with Gasteiger partial charge in [0.05, 0.1) is 16.9 Å². The summed E-state index contributed by atoms with van der Waals surface area (Å²) in [4.78, 5) is 19.4. The second-order valence-electron chi connectivity index (χ2n) is 6.10. The normalized spacial score (nSPS) is 10.7. The fourth-order valence-corrected chi connectivity index (χ4v) is 2.88. The molecule has 11 heteroatoms. The topological polar surface area (TPSA) is 119 Å². The first-order valence-electron chi connectivity index (χ1n) is 8.64. The molecule has 30 heavy (non-hydrogen) atoms. The average molecular weight is 426 g/mol. The highest BCUT2D eigenvalue weighted by Gasteiger charge is 2.19. The van der Waals surface area contributed by atoms with E-state index in [1.54, 1.807) is 36.4 Å². The van der Waals surface area contributed by atoms with Gasteiger partial charge < -0.3 is 10.4 Å². The number of nitrogens with one attached hydrogen (secondary N) is 1. The van der Waals surface area contributed by atoms with Crippen molar-refractivity contribution in [2.75, 3.05) is 11.9 Å².